The molecule has 0 aromatic carbocycles. The quantitative estimate of drug-likeness (QED) is 0.595. The first-order valence-corrected chi connectivity index (χ1v) is 5.42. The molecule has 1 aliphatic heterocycles. The Balaban J connectivity index is 2.44. The Kier molecular flexibility index (Phi) is 2.07. The van der Waals surface area contributed by atoms with Gasteiger partial charge < -0.3 is 5.32 Å². The molecule has 0 saturated heterocycles. The molecule has 1 atom stereocenters. The van der Waals surface area contributed by atoms with Crippen LogP contribution in [0.5, 0.6) is 0 Å². The second-order valence-corrected chi connectivity index (χ2v) is 5.36. The van der Waals surface area contributed by atoms with Crippen LogP contribution in [-0.4, -0.2) is 18.9 Å². The van der Waals surface area contributed by atoms with Gasteiger partial charge in [-0.15, -0.1) is 0 Å². The summed E-state index contributed by atoms with van der Waals surface area (Å²) in [6.07, 6.45) is 3.97. The van der Waals surface area contributed by atoms with Crippen molar-refractivity contribution < 1.29 is 4.79 Å². The first-order valence-electron chi connectivity index (χ1n) is 5.42. The van der Waals surface area contributed by atoms with Gasteiger partial charge in [0.2, 0.25) is 0 Å². The molecular formula is C12H19NO. The summed E-state index contributed by atoms with van der Waals surface area (Å²) in [4.78, 5) is 11.9. The van der Waals surface area contributed by atoms with Crippen molar-refractivity contribution in [2.24, 2.45) is 10.8 Å². The summed E-state index contributed by atoms with van der Waals surface area (Å²) >= 11 is 0. The smallest absolute Gasteiger partial charge is 0.142 e. The summed E-state index contributed by atoms with van der Waals surface area (Å²) in [6, 6.07) is 0. The van der Waals surface area contributed by atoms with Gasteiger partial charge in [0.15, 0.2) is 0 Å². The number of carbonyl (C=O) groups is 1. The van der Waals surface area contributed by atoms with Crippen LogP contribution in [-0.2, 0) is 4.79 Å². The minimum absolute atomic E-state index is 0.218. The van der Waals surface area contributed by atoms with Crippen molar-refractivity contribution >= 4 is 5.78 Å². The lowest BCUT2D eigenvalue weighted by Gasteiger charge is -2.47. The van der Waals surface area contributed by atoms with Gasteiger partial charge >= 0.3 is 0 Å². The molecule has 1 heterocycles. The third-order valence-electron chi connectivity index (χ3n) is 3.89. The van der Waals surface area contributed by atoms with E-state index in [1.165, 1.54) is 5.57 Å². The first kappa shape index (κ1) is 9.91. The van der Waals surface area contributed by atoms with E-state index in [1.807, 2.05) is 0 Å². The minimum atomic E-state index is -0.227. The molecule has 2 aliphatic rings. The minimum Gasteiger partial charge on any atom is -0.312 e. The van der Waals surface area contributed by atoms with E-state index >= 15 is 0 Å². The van der Waals surface area contributed by atoms with E-state index in [1.54, 1.807) is 0 Å². The molecule has 2 nitrogen and oxygen atoms in total. The monoisotopic (exact) mass is 193 g/mol. The van der Waals surface area contributed by atoms with Gasteiger partial charge in [-0.05, 0) is 20.3 Å². The molecule has 0 spiro atoms. The molecule has 1 aliphatic carbocycles. The third kappa shape index (κ3) is 1.24. The summed E-state index contributed by atoms with van der Waals surface area (Å²) in [5.41, 5.74) is 1.35. The van der Waals surface area contributed by atoms with Crippen molar-refractivity contribution in [3.8, 4) is 0 Å². The van der Waals surface area contributed by atoms with Gasteiger partial charge in [-0.2, -0.15) is 0 Å². The normalized spacial score (nSPS) is 36.2. The molecule has 2 rings (SSSR count). The maximum atomic E-state index is 11.9. The van der Waals surface area contributed by atoms with E-state index in [9.17, 15) is 4.79 Å². The Labute approximate surface area is 85.8 Å². The maximum absolute atomic E-state index is 11.9. The number of carbonyl (C=O) groups excluding carboxylic acids is 1. The lowest BCUT2D eigenvalue weighted by Crippen LogP contribution is -2.48. The summed E-state index contributed by atoms with van der Waals surface area (Å²) < 4.78 is 0. The van der Waals surface area contributed by atoms with Gasteiger partial charge in [0.1, 0.15) is 5.78 Å². The maximum Gasteiger partial charge on any atom is 0.142 e. The van der Waals surface area contributed by atoms with Gasteiger partial charge in [0, 0.05) is 30.3 Å². The molecule has 0 aromatic rings. The summed E-state index contributed by atoms with van der Waals surface area (Å²) in [7, 11) is 0. The molecule has 1 N–H and O–H groups in total. The topological polar surface area (TPSA) is 29.1 Å². The molecule has 0 bridgehead atoms. The zero-order valence-electron chi connectivity index (χ0n) is 9.31. The number of Topliss-reactive ketones (excluding diaryl/α,β-unsaturated/α-hetero) is 1. The molecule has 0 radical (unpaired) electrons. The highest BCUT2D eigenvalue weighted by Crippen LogP contribution is 2.49. The van der Waals surface area contributed by atoms with E-state index < -0.39 is 0 Å². The highest BCUT2D eigenvalue weighted by Gasteiger charge is 2.46. The molecule has 1 saturated carbocycles. The fourth-order valence-corrected chi connectivity index (χ4v) is 2.95. The lowest BCUT2D eigenvalue weighted by molar-refractivity contribution is -0.128. The molecule has 78 valence electrons. The average molecular weight is 193 g/mol. The predicted molar refractivity (Wildman–Crippen MR) is 57.1 cm³/mol. The molecule has 0 aromatic heterocycles. The van der Waals surface area contributed by atoms with Crippen LogP contribution in [0.2, 0.25) is 0 Å². The van der Waals surface area contributed by atoms with Crippen LogP contribution in [0.4, 0.5) is 0 Å². The Morgan fingerprint density at radius 3 is 2.79 bits per heavy atom. The average Bonchev–Trinajstić information content (AvgIpc) is 2.13. The van der Waals surface area contributed by atoms with Gasteiger partial charge in [0.05, 0.1) is 0 Å². The predicted octanol–water partition coefficient (Wildman–Crippen LogP) is 1.91. The van der Waals surface area contributed by atoms with E-state index in [0.29, 0.717) is 5.78 Å². The second kappa shape index (κ2) is 2.93. The molecule has 1 fully saturated rings. The number of fused-ring (bicyclic) bond motifs is 1. The van der Waals surface area contributed by atoms with E-state index in [-0.39, 0.29) is 10.8 Å². The van der Waals surface area contributed by atoms with Crippen LogP contribution in [0.15, 0.2) is 11.6 Å². The van der Waals surface area contributed by atoms with Crippen molar-refractivity contribution in [3.63, 3.8) is 0 Å². The Hall–Kier alpha value is -0.630. The summed E-state index contributed by atoms with van der Waals surface area (Å²) in [6.45, 7) is 8.37. The van der Waals surface area contributed by atoms with Crippen LogP contribution >= 0.6 is 0 Å². The molecule has 14 heavy (non-hydrogen) atoms. The number of hydrogen-bond acceptors (Lipinski definition) is 2. The summed E-state index contributed by atoms with van der Waals surface area (Å²) in [5.74, 6) is 0.406. The van der Waals surface area contributed by atoms with Crippen LogP contribution in [0.3, 0.4) is 0 Å². The van der Waals surface area contributed by atoms with Crippen molar-refractivity contribution in [1.29, 1.82) is 0 Å². The van der Waals surface area contributed by atoms with Gasteiger partial charge in [0.25, 0.3) is 0 Å². The third-order valence-corrected chi connectivity index (χ3v) is 3.89. The standard InChI is InChI=1S/C12H19NO/c1-11(2)9-5-7-13-8-12(9,3)6-4-10(11)14/h5,13H,4,6-8H2,1-3H3. The van der Waals surface area contributed by atoms with E-state index in [2.05, 4.69) is 32.2 Å². The van der Waals surface area contributed by atoms with Crippen molar-refractivity contribution in [1.82, 2.24) is 5.32 Å². The highest BCUT2D eigenvalue weighted by molar-refractivity contribution is 5.89. The van der Waals surface area contributed by atoms with E-state index in [0.717, 1.165) is 25.9 Å². The number of ketones is 1. The van der Waals surface area contributed by atoms with Crippen LogP contribution < -0.4 is 5.32 Å². The fourth-order valence-electron chi connectivity index (χ4n) is 2.95. The highest BCUT2D eigenvalue weighted by atomic mass is 16.1. The number of rotatable bonds is 0. The van der Waals surface area contributed by atoms with Crippen LogP contribution in [0.25, 0.3) is 0 Å². The Bertz CT molecular complexity index is 303. The van der Waals surface area contributed by atoms with Gasteiger partial charge in [-0.3, -0.25) is 4.79 Å². The van der Waals surface area contributed by atoms with Gasteiger partial charge in [-0.25, -0.2) is 0 Å². The fraction of sp³-hybridized carbons (Fsp3) is 0.750. The summed E-state index contributed by atoms with van der Waals surface area (Å²) in [5, 5.41) is 3.39. The molecule has 2 heteroatoms. The first-order chi connectivity index (χ1) is 6.47. The van der Waals surface area contributed by atoms with Crippen molar-refractivity contribution in [2.75, 3.05) is 13.1 Å². The van der Waals surface area contributed by atoms with Crippen LogP contribution in [0, 0.1) is 10.8 Å². The zero-order chi connectivity index (χ0) is 10.4. The molecule has 1 unspecified atom stereocenters. The van der Waals surface area contributed by atoms with Crippen LogP contribution in [0.1, 0.15) is 33.6 Å². The number of nitrogens with one attached hydrogen (secondary N) is 1. The zero-order valence-corrected chi connectivity index (χ0v) is 9.31. The number of hydrogen-bond donors (Lipinski definition) is 1. The Morgan fingerprint density at radius 1 is 1.36 bits per heavy atom. The van der Waals surface area contributed by atoms with Gasteiger partial charge in [-0.1, -0.05) is 18.6 Å². The molecular weight excluding hydrogens is 174 g/mol. The molecule has 0 amide bonds. The largest absolute Gasteiger partial charge is 0.312 e. The second-order valence-electron chi connectivity index (χ2n) is 5.36. The Morgan fingerprint density at radius 2 is 2.07 bits per heavy atom. The SMILES string of the molecule is CC12CCC(=O)C(C)(C)C1=CCNC2. The van der Waals surface area contributed by atoms with Crippen molar-refractivity contribution in [3.05, 3.63) is 11.6 Å². The lowest BCUT2D eigenvalue weighted by atomic mass is 9.59. The van der Waals surface area contributed by atoms with Crippen molar-refractivity contribution in [2.45, 2.75) is 33.6 Å². The van der Waals surface area contributed by atoms with E-state index in [4.69, 9.17) is 0 Å².